The van der Waals surface area contributed by atoms with E-state index in [1.807, 2.05) is 24.3 Å². The van der Waals surface area contributed by atoms with Gasteiger partial charge >= 0.3 is 0 Å². The molecule has 0 aliphatic heterocycles. The molecular formula is C8H4BrClN2S. The van der Waals surface area contributed by atoms with Crippen molar-refractivity contribution in [1.82, 2.24) is 9.36 Å². The molecule has 1 heterocycles. The van der Waals surface area contributed by atoms with Crippen LogP contribution in [-0.2, 0) is 0 Å². The summed E-state index contributed by atoms with van der Waals surface area (Å²) < 4.78 is 4.91. The second kappa shape index (κ2) is 3.74. The largest absolute Gasteiger partial charge is 0.234 e. The first-order chi connectivity index (χ1) is 6.27. The molecule has 0 N–H and O–H groups in total. The van der Waals surface area contributed by atoms with E-state index in [9.17, 15) is 0 Å². The Labute approximate surface area is 92.9 Å². The van der Waals surface area contributed by atoms with Gasteiger partial charge < -0.3 is 0 Å². The smallest absolute Gasteiger partial charge is 0.205 e. The van der Waals surface area contributed by atoms with Crippen LogP contribution in [0, 0.1) is 0 Å². The summed E-state index contributed by atoms with van der Waals surface area (Å²) in [4.78, 5) is 4.08. The van der Waals surface area contributed by atoms with Crippen molar-refractivity contribution in [3.05, 3.63) is 34.0 Å². The summed E-state index contributed by atoms with van der Waals surface area (Å²) in [6.45, 7) is 0. The highest BCUT2D eigenvalue weighted by molar-refractivity contribution is 9.10. The van der Waals surface area contributed by atoms with Gasteiger partial charge in [0.1, 0.15) is 5.01 Å². The second-order valence-corrected chi connectivity index (χ2v) is 4.29. The number of aromatic nitrogens is 2. The molecule has 13 heavy (non-hydrogen) atoms. The zero-order valence-electron chi connectivity index (χ0n) is 6.37. The minimum atomic E-state index is 0.302. The standard InChI is InChI=1S/C8H4BrClN2S/c9-6-4-2-1-3-5(6)7-11-8(10)12-13-7/h1-4H. The number of hydrogen-bond acceptors (Lipinski definition) is 3. The van der Waals surface area contributed by atoms with E-state index in [4.69, 9.17) is 11.6 Å². The van der Waals surface area contributed by atoms with Crippen molar-refractivity contribution in [2.45, 2.75) is 0 Å². The van der Waals surface area contributed by atoms with Crippen molar-refractivity contribution in [2.75, 3.05) is 0 Å². The Hall–Kier alpha value is -0.450. The Morgan fingerprint density at radius 1 is 1.31 bits per heavy atom. The van der Waals surface area contributed by atoms with Gasteiger partial charge in [-0.2, -0.15) is 4.37 Å². The predicted molar refractivity (Wildman–Crippen MR) is 58.1 cm³/mol. The van der Waals surface area contributed by atoms with Gasteiger partial charge in [-0.05, 0) is 29.2 Å². The molecule has 2 rings (SSSR count). The van der Waals surface area contributed by atoms with E-state index in [1.54, 1.807) is 0 Å². The molecular weight excluding hydrogens is 272 g/mol. The van der Waals surface area contributed by atoms with Crippen LogP contribution in [0.15, 0.2) is 28.7 Å². The van der Waals surface area contributed by atoms with E-state index in [2.05, 4.69) is 25.3 Å². The summed E-state index contributed by atoms with van der Waals surface area (Å²) in [5, 5.41) is 1.13. The lowest BCUT2D eigenvalue weighted by atomic mass is 10.2. The van der Waals surface area contributed by atoms with Crippen LogP contribution in [0.2, 0.25) is 5.28 Å². The maximum absolute atomic E-state index is 5.64. The average molecular weight is 276 g/mol. The third-order valence-electron chi connectivity index (χ3n) is 1.51. The summed E-state index contributed by atoms with van der Waals surface area (Å²) in [6.07, 6.45) is 0. The van der Waals surface area contributed by atoms with Crippen LogP contribution in [0.3, 0.4) is 0 Å². The van der Waals surface area contributed by atoms with Crippen LogP contribution in [0.25, 0.3) is 10.6 Å². The summed E-state index contributed by atoms with van der Waals surface area (Å²) in [5.41, 5.74) is 1.02. The molecule has 2 aromatic rings. The summed E-state index contributed by atoms with van der Waals surface area (Å²) >= 11 is 10.4. The van der Waals surface area contributed by atoms with E-state index < -0.39 is 0 Å². The molecule has 0 atom stereocenters. The van der Waals surface area contributed by atoms with Gasteiger partial charge in [-0.1, -0.05) is 34.1 Å². The fourth-order valence-electron chi connectivity index (χ4n) is 0.950. The van der Waals surface area contributed by atoms with Crippen molar-refractivity contribution in [3.63, 3.8) is 0 Å². The third-order valence-corrected chi connectivity index (χ3v) is 3.21. The topological polar surface area (TPSA) is 25.8 Å². The maximum Gasteiger partial charge on any atom is 0.234 e. The molecule has 0 bridgehead atoms. The Morgan fingerprint density at radius 2 is 2.08 bits per heavy atom. The molecule has 0 radical (unpaired) electrons. The predicted octanol–water partition coefficient (Wildman–Crippen LogP) is 3.62. The van der Waals surface area contributed by atoms with E-state index in [1.165, 1.54) is 11.5 Å². The van der Waals surface area contributed by atoms with Gasteiger partial charge in [0, 0.05) is 10.0 Å². The highest BCUT2D eigenvalue weighted by atomic mass is 79.9. The maximum atomic E-state index is 5.64. The molecule has 0 unspecified atom stereocenters. The van der Waals surface area contributed by atoms with E-state index in [0.29, 0.717) is 5.28 Å². The minimum absolute atomic E-state index is 0.302. The Kier molecular flexibility index (Phi) is 2.62. The molecule has 0 saturated carbocycles. The van der Waals surface area contributed by atoms with Gasteiger partial charge in [-0.3, -0.25) is 0 Å². The molecule has 1 aromatic carbocycles. The number of rotatable bonds is 1. The van der Waals surface area contributed by atoms with Gasteiger partial charge in [-0.15, -0.1) is 0 Å². The lowest BCUT2D eigenvalue weighted by Gasteiger charge is -1.96. The van der Waals surface area contributed by atoms with E-state index in [-0.39, 0.29) is 0 Å². The zero-order valence-corrected chi connectivity index (χ0v) is 9.53. The highest BCUT2D eigenvalue weighted by Crippen LogP contribution is 2.29. The van der Waals surface area contributed by atoms with Crippen LogP contribution >= 0.6 is 39.1 Å². The van der Waals surface area contributed by atoms with Crippen molar-refractivity contribution < 1.29 is 0 Å². The van der Waals surface area contributed by atoms with Gasteiger partial charge in [0.05, 0.1) is 0 Å². The number of benzene rings is 1. The number of nitrogens with zero attached hydrogens (tertiary/aromatic N) is 2. The average Bonchev–Trinajstić information content (AvgIpc) is 2.53. The normalized spacial score (nSPS) is 10.3. The fraction of sp³-hybridized carbons (Fsp3) is 0. The molecule has 0 amide bonds. The van der Waals surface area contributed by atoms with Crippen molar-refractivity contribution >= 4 is 39.1 Å². The Morgan fingerprint density at radius 3 is 2.69 bits per heavy atom. The van der Waals surface area contributed by atoms with Crippen LogP contribution in [0.5, 0.6) is 0 Å². The molecule has 0 fully saturated rings. The minimum Gasteiger partial charge on any atom is -0.205 e. The molecule has 0 aliphatic rings. The first-order valence-electron chi connectivity index (χ1n) is 3.51. The van der Waals surface area contributed by atoms with E-state index >= 15 is 0 Å². The van der Waals surface area contributed by atoms with E-state index in [0.717, 1.165) is 15.0 Å². The first-order valence-corrected chi connectivity index (χ1v) is 5.46. The summed E-state index contributed by atoms with van der Waals surface area (Å²) in [6, 6.07) is 7.84. The van der Waals surface area contributed by atoms with Gasteiger partial charge in [-0.25, -0.2) is 4.98 Å². The zero-order chi connectivity index (χ0) is 9.26. The molecule has 0 spiro atoms. The Bertz CT molecular complexity index is 430. The van der Waals surface area contributed by atoms with Crippen molar-refractivity contribution in [3.8, 4) is 10.6 Å². The summed E-state index contributed by atoms with van der Waals surface area (Å²) in [7, 11) is 0. The van der Waals surface area contributed by atoms with Gasteiger partial charge in [0.15, 0.2) is 0 Å². The molecule has 0 aliphatic carbocycles. The van der Waals surface area contributed by atoms with Crippen LogP contribution in [-0.4, -0.2) is 9.36 Å². The Balaban J connectivity index is 2.52. The third kappa shape index (κ3) is 1.90. The van der Waals surface area contributed by atoms with Crippen LogP contribution < -0.4 is 0 Å². The number of hydrogen-bond donors (Lipinski definition) is 0. The van der Waals surface area contributed by atoms with Gasteiger partial charge in [0.25, 0.3) is 0 Å². The van der Waals surface area contributed by atoms with Crippen LogP contribution in [0.4, 0.5) is 0 Å². The number of halogens is 2. The molecule has 0 saturated heterocycles. The molecule has 1 aromatic heterocycles. The quantitative estimate of drug-likeness (QED) is 0.794. The first kappa shape index (κ1) is 9.12. The summed E-state index contributed by atoms with van der Waals surface area (Å²) in [5.74, 6) is 0. The fourth-order valence-corrected chi connectivity index (χ4v) is 2.40. The monoisotopic (exact) mass is 274 g/mol. The van der Waals surface area contributed by atoms with Crippen LogP contribution in [0.1, 0.15) is 0 Å². The molecule has 5 heteroatoms. The lowest BCUT2D eigenvalue weighted by molar-refractivity contribution is 1.33. The van der Waals surface area contributed by atoms with Gasteiger partial charge in [0.2, 0.25) is 5.28 Å². The highest BCUT2D eigenvalue weighted by Gasteiger charge is 2.07. The second-order valence-electron chi connectivity index (χ2n) is 2.35. The molecule has 2 nitrogen and oxygen atoms in total. The van der Waals surface area contributed by atoms with Crippen molar-refractivity contribution in [1.29, 1.82) is 0 Å². The SMILES string of the molecule is Clc1nsc(-c2ccccc2Br)n1. The molecule has 66 valence electrons. The lowest BCUT2D eigenvalue weighted by Crippen LogP contribution is -1.76. The van der Waals surface area contributed by atoms with Crippen molar-refractivity contribution in [2.24, 2.45) is 0 Å².